The second kappa shape index (κ2) is 8.35. The van der Waals surface area contributed by atoms with Gasteiger partial charge < -0.3 is 19.1 Å². The van der Waals surface area contributed by atoms with Crippen LogP contribution in [0.2, 0.25) is 5.28 Å². The highest BCUT2D eigenvalue weighted by Gasteiger charge is 2.25. The lowest BCUT2D eigenvalue weighted by Gasteiger charge is -2.29. The van der Waals surface area contributed by atoms with Crippen LogP contribution in [0.25, 0.3) is 5.57 Å². The second-order valence-electron chi connectivity index (χ2n) is 6.63. The van der Waals surface area contributed by atoms with Crippen molar-refractivity contribution in [2.24, 2.45) is 0 Å². The highest BCUT2D eigenvalue weighted by Crippen LogP contribution is 2.29. The van der Waals surface area contributed by atoms with Gasteiger partial charge in [-0.1, -0.05) is 6.08 Å². The topological polar surface area (TPSA) is 90.9 Å². The van der Waals surface area contributed by atoms with E-state index < -0.39 is 11.6 Å². The number of esters is 1. The van der Waals surface area contributed by atoms with Gasteiger partial charge in [-0.3, -0.25) is 0 Å². The summed E-state index contributed by atoms with van der Waals surface area (Å²) in [5, 5.41) is 0.0143. The average molecular weight is 384 g/mol. The van der Waals surface area contributed by atoms with E-state index in [4.69, 9.17) is 21.1 Å². The monoisotopic (exact) mass is 383 g/mol. The molecule has 1 amide bonds. The SMILES string of the molecule is COC(=O)COc1nc(Cl)ncc1C1=CCN(C(=O)OC(C)(C)C)CC1. The molecule has 0 fully saturated rings. The zero-order valence-corrected chi connectivity index (χ0v) is 16.0. The summed E-state index contributed by atoms with van der Waals surface area (Å²) in [6.45, 7) is 6.07. The summed E-state index contributed by atoms with van der Waals surface area (Å²) in [6, 6.07) is 0. The normalized spacial score (nSPS) is 14.5. The number of methoxy groups -OCH3 is 1. The first-order valence-electron chi connectivity index (χ1n) is 8.09. The third-order valence-electron chi connectivity index (χ3n) is 3.49. The molecular weight excluding hydrogens is 362 g/mol. The van der Waals surface area contributed by atoms with Crippen LogP contribution in [-0.4, -0.2) is 59.3 Å². The third kappa shape index (κ3) is 5.59. The molecule has 0 saturated heterocycles. The molecule has 1 aromatic heterocycles. The smallest absolute Gasteiger partial charge is 0.410 e. The van der Waals surface area contributed by atoms with Crippen molar-refractivity contribution < 1.29 is 23.8 Å². The first-order chi connectivity index (χ1) is 12.2. The Bertz CT molecular complexity index is 715. The molecule has 1 aliphatic rings. The molecular formula is C17H22ClN3O5. The second-order valence-corrected chi connectivity index (χ2v) is 6.97. The van der Waals surface area contributed by atoms with Crippen LogP contribution in [-0.2, 0) is 14.3 Å². The Morgan fingerprint density at radius 1 is 1.35 bits per heavy atom. The fourth-order valence-electron chi connectivity index (χ4n) is 2.27. The van der Waals surface area contributed by atoms with Gasteiger partial charge in [0.1, 0.15) is 5.60 Å². The number of rotatable bonds is 4. The summed E-state index contributed by atoms with van der Waals surface area (Å²) in [4.78, 5) is 33.1. The van der Waals surface area contributed by atoms with Gasteiger partial charge in [0.25, 0.3) is 0 Å². The minimum Gasteiger partial charge on any atom is -0.466 e. The van der Waals surface area contributed by atoms with Crippen molar-refractivity contribution in [3.8, 4) is 5.88 Å². The predicted molar refractivity (Wildman–Crippen MR) is 95.0 cm³/mol. The molecule has 0 saturated carbocycles. The quantitative estimate of drug-likeness (QED) is 0.583. The van der Waals surface area contributed by atoms with Crippen LogP contribution in [0.1, 0.15) is 32.8 Å². The zero-order chi connectivity index (χ0) is 19.3. The molecule has 0 radical (unpaired) electrons. The largest absolute Gasteiger partial charge is 0.466 e. The highest BCUT2D eigenvalue weighted by molar-refractivity contribution is 6.28. The van der Waals surface area contributed by atoms with E-state index in [0.717, 1.165) is 5.57 Å². The van der Waals surface area contributed by atoms with Crippen LogP contribution in [0, 0.1) is 0 Å². The molecule has 9 heteroatoms. The number of hydrogen-bond acceptors (Lipinski definition) is 7. The lowest BCUT2D eigenvalue weighted by molar-refractivity contribution is -0.143. The average Bonchev–Trinajstić information content (AvgIpc) is 2.58. The number of aromatic nitrogens is 2. The van der Waals surface area contributed by atoms with E-state index in [0.29, 0.717) is 25.1 Å². The Balaban J connectivity index is 2.12. The Hall–Kier alpha value is -2.35. The molecule has 0 N–H and O–H groups in total. The van der Waals surface area contributed by atoms with Crippen molar-refractivity contribution in [1.82, 2.24) is 14.9 Å². The van der Waals surface area contributed by atoms with Crippen molar-refractivity contribution >= 4 is 29.2 Å². The molecule has 0 atom stereocenters. The van der Waals surface area contributed by atoms with Crippen LogP contribution >= 0.6 is 11.6 Å². The van der Waals surface area contributed by atoms with Crippen LogP contribution in [0.15, 0.2) is 12.3 Å². The maximum atomic E-state index is 12.1. The summed E-state index contributed by atoms with van der Waals surface area (Å²) in [5.41, 5.74) is 0.989. The first-order valence-corrected chi connectivity index (χ1v) is 8.47. The van der Waals surface area contributed by atoms with E-state index in [1.807, 2.05) is 26.8 Å². The number of carbonyl (C=O) groups excluding carboxylic acids is 2. The maximum Gasteiger partial charge on any atom is 0.410 e. The van der Waals surface area contributed by atoms with E-state index in [1.165, 1.54) is 13.3 Å². The number of nitrogens with zero attached hydrogens (tertiary/aromatic N) is 3. The number of carbonyl (C=O) groups is 2. The fraction of sp³-hybridized carbons (Fsp3) is 0.529. The van der Waals surface area contributed by atoms with Gasteiger partial charge in [-0.05, 0) is 44.4 Å². The molecule has 0 aromatic carbocycles. The fourth-order valence-corrected chi connectivity index (χ4v) is 2.39. The zero-order valence-electron chi connectivity index (χ0n) is 15.2. The summed E-state index contributed by atoms with van der Waals surface area (Å²) in [5.74, 6) is -0.327. The molecule has 0 aliphatic carbocycles. The van der Waals surface area contributed by atoms with Gasteiger partial charge in [0.2, 0.25) is 11.2 Å². The molecule has 142 valence electrons. The minimum atomic E-state index is -0.542. The van der Waals surface area contributed by atoms with Gasteiger partial charge in [-0.25, -0.2) is 14.6 Å². The van der Waals surface area contributed by atoms with Crippen molar-refractivity contribution in [2.45, 2.75) is 32.8 Å². The Labute approximate surface area is 157 Å². The van der Waals surface area contributed by atoms with Gasteiger partial charge in [0.05, 0.1) is 12.7 Å². The molecule has 0 spiro atoms. The molecule has 26 heavy (non-hydrogen) atoms. The van der Waals surface area contributed by atoms with Gasteiger partial charge in [-0.2, -0.15) is 4.98 Å². The number of hydrogen-bond donors (Lipinski definition) is 0. The third-order valence-corrected chi connectivity index (χ3v) is 3.67. The maximum absolute atomic E-state index is 12.1. The van der Waals surface area contributed by atoms with Gasteiger partial charge >= 0.3 is 12.1 Å². The number of halogens is 1. The van der Waals surface area contributed by atoms with Gasteiger partial charge in [-0.15, -0.1) is 0 Å². The van der Waals surface area contributed by atoms with Gasteiger partial charge in [0, 0.05) is 19.3 Å². The molecule has 8 nitrogen and oxygen atoms in total. The molecule has 2 rings (SSSR count). The van der Waals surface area contributed by atoms with Crippen molar-refractivity contribution in [1.29, 1.82) is 0 Å². The summed E-state index contributed by atoms with van der Waals surface area (Å²) < 4.78 is 15.3. The summed E-state index contributed by atoms with van der Waals surface area (Å²) in [6.07, 6.45) is 3.63. The lowest BCUT2D eigenvalue weighted by atomic mass is 10.0. The van der Waals surface area contributed by atoms with Crippen molar-refractivity contribution in [2.75, 3.05) is 26.8 Å². The summed E-state index contributed by atoms with van der Waals surface area (Å²) >= 11 is 5.82. The number of ether oxygens (including phenoxy) is 3. The molecule has 0 unspecified atom stereocenters. The van der Waals surface area contributed by atoms with Crippen LogP contribution in [0.4, 0.5) is 4.79 Å². The van der Waals surface area contributed by atoms with E-state index >= 15 is 0 Å². The Morgan fingerprint density at radius 2 is 2.08 bits per heavy atom. The van der Waals surface area contributed by atoms with E-state index in [2.05, 4.69) is 14.7 Å². The van der Waals surface area contributed by atoms with E-state index in [1.54, 1.807) is 4.90 Å². The van der Waals surface area contributed by atoms with Crippen LogP contribution < -0.4 is 4.74 Å². The Morgan fingerprint density at radius 3 is 2.65 bits per heavy atom. The minimum absolute atomic E-state index is 0.0143. The van der Waals surface area contributed by atoms with E-state index in [-0.39, 0.29) is 23.9 Å². The van der Waals surface area contributed by atoms with Crippen molar-refractivity contribution in [3.05, 3.63) is 23.1 Å². The molecule has 1 aliphatic heterocycles. The molecule has 2 heterocycles. The van der Waals surface area contributed by atoms with E-state index in [9.17, 15) is 9.59 Å². The molecule has 1 aromatic rings. The first kappa shape index (κ1) is 20.0. The standard InChI is InChI=1S/C17H22ClN3O5/c1-17(2,3)26-16(23)21-7-5-11(6-8-21)12-9-19-15(18)20-14(12)25-10-13(22)24-4/h5,9H,6-8,10H2,1-4H3. The Kier molecular flexibility index (Phi) is 6.42. The number of amides is 1. The summed E-state index contributed by atoms with van der Waals surface area (Å²) in [7, 11) is 1.27. The van der Waals surface area contributed by atoms with Crippen LogP contribution in [0.5, 0.6) is 5.88 Å². The van der Waals surface area contributed by atoms with Crippen molar-refractivity contribution in [3.63, 3.8) is 0 Å². The van der Waals surface area contributed by atoms with Crippen LogP contribution in [0.3, 0.4) is 0 Å². The highest BCUT2D eigenvalue weighted by atomic mass is 35.5. The molecule has 0 bridgehead atoms. The lowest BCUT2D eigenvalue weighted by Crippen LogP contribution is -2.39. The predicted octanol–water partition coefficient (Wildman–Crippen LogP) is 2.71. The van der Waals surface area contributed by atoms with Gasteiger partial charge in [0.15, 0.2) is 6.61 Å².